The van der Waals surface area contributed by atoms with Crippen molar-refractivity contribution in [2.45, 2.75) is 12.8 Å². The Bertz CT molecular complexity index is 66.9. The summed E-state index contributed by atoms with van der Waals surface area (Å²) < 4.78 is 10.5. The van der Waals surface area contributed by atoms with Crippen LogP contribution in [0.3, 0.4) is 0 Å². The summed E-state index contributed by atoms with van der Waals surface area (Å²) in [6, 6.07) is 0. The lowest BCUT2D eigenvalue weighted by molar-refractivity contribution is 0.596. The third kappa shape index (κ3) is 2.58. The van der Waals surface area contributed by atoms with E-state index in [4.69, 9.17) is 0 Å². The normalized spacial score (nSPS) is 23.2. The second kappa shape index (κ2) is 2.74. The number of hydrogen-bond donors (Lipinski definition) is 0. The van der Waals surface area contributed by atoms with Crippen LogP contribution < -0.4 is 0 Å². The van der Waals surface area contributed by atoms with Gasteiger partial charge in [0.05, 0.1) is 6.26 Å². The van der Waals surface area contributed by atoms with Crippen molar-refractivity contribution in [3.63, 3.8) is 0 Å². The molecule has 8 heavy (non-hydrogen) atoms. The Hall–Kier alpha value is 0.310. The average molecular weight is 131 g/mol. The average Bonchev–Trinajstić information content (AvgIpc) is 2.41. The van der Waals surface area contributed by atoms with Crippen LogP contribution in [0.5, 0.6) is 0 Å². The van der Waals surface area contributed by atoms with Crippen LogP contribution in [0, 0.1) is 12.3 Å². The zero-order valence-electron chi connectivity index (χ0n) is 5.09. The minimum atomic E-state index is -0.566. The molecule has 0 heterocycles. The molecule has 1 radical (unpaired) electrons. The van der Waals surface area contributed by atoms with Crippen molar-refractivity contribution in [2.24, 2.45) is 5.92 Å². The molecule has 2 atom stereocenters. The van der Waals surface area contributed by atoms with Crippen LogP contribution in [0.25, 0.3) is 0 Å². The lowest BCUT2D eigenvalue weighted by Gasteiger charge is -2.01. The highest BCUT2D eigenvalue weighted by molar-refractivity contribution is 7.90. The second-order valence-electron chi connectivity index (χ2n) is 2.30. The van der Waals surface area contributed by atoms with Crippen LogP contribution in [0.1, 0.15) is 12.8 Å². The van der Waals surface area contributed by atoms with Gasteiger partial charge in [0.2, 0.25) is 0 Å². The summed E-state index contributed by atoms with van der Waals surface area (Å²) in [4.78, 5) is 0. The molecule has 47 valence electrons. The van der Waals surface area contributed by atoms with Gasteiger partial charge in [-0.2, -0.15) is 0 Å². The minimum absolute atomic E-state index is 0.566. The van der Waals surface area contributed by atoms with Gasteiger partial charge in [-0.05, 0) is 25.2 Å². The summed E-state index contributed by atoms with van der Waals surface area (Å²) in [5, 5.41) is 0. The molecule has 2 heteroatoms. The maximum absolute atomic E-state index is 10.5. The number of hydrogen-bond acceptors (Lipinski definition) is 1. The van der Waals surface area contributed by atoms with Gasteiger partial charge in [-0.3, -0.25) is 0 Å². The van der Waals surface area contributed by atoms with Crippen molar-refractivity contribution in [3.8, 4) is 0 Å². The monoisotopic (exact) mass is 131 g/mol. The molecule has 0 amide bonds. The molecule has 0 aromatic rings. The summed E-state index contributed by atoms with van der Waals surface area (Å²) in [6.07, 6.45) is 6.44. The molecule has 0 aliphatic heterocycles. The smallest absolute Gasteiger partial charge is 0.105 e. The molecule has 1 nitrogen and oxygen atoms in total. The van der Waals surface area contributed by atoms with Gasteiger partial charge in [0.25, 0.3) is 0 Å². The Morgan fingerprint density at radius 2 is 2.50 bits per heavy atom. The van der Waals surface area contributed by atoms with E-state index < -0.39 is 11.2 Å². The Morgan fingerprint density at radius 1 is 1.88 bits per heavy atom. The summed E-state index contributed by atoms with van der Waals surface area (Å²) in [7, 11) is 0. The van der Waals surface area contributed by atoms with Crippen molar-refractivity contribution in [1.29, 1.82) is 0 Å². The highest BCUT2D eigenvalue weighted by Crippen LogP contribution is 2.30. The van der Waals surface area contributed by atoms with Crippen molar-refractivity contribution in [1.82, 2.24) is 0 Å². The predicted octanol–water partition coefficient (Wildman–Crippen LogP) is 0.979. The lowest BCUT2D eigenvalue weighted by Crippen LogP contribution is -2.02. The first-order valence-corrected chi connectivity index (χ1v) is 4.65. The van der Waals surface area contributed by atoms with E-state index in [0.717, 1.165) is 18.1 Å². The quantitative estimate of drug-likeness (QED) is 0.524. The highest BCUT2D eigenvalue weighted by atomic mass is 32.2. The zero-order chi connectivity index (χ0) is 5.98. The summed E-state index contributed by atoms with van der Waals surface area (Å²) in [5.74, 6) is 1.71. The third-order valence-corrected chi connectivity index (χ3v) is 2.16. The fraction of sp³-hybridized carbons (Fsp3) is 0.833. The van der Waals surface area contributed by atoms with Crippen LogP contribution in [-0.2, 0) is 11.2 Å². The van der Waals surface area contributed by atoms with E-state index in [1.165, 1.54) is 6.42 Å². The lowest BCUT2D eigenvalue weighted by atomic mass is 10.3. The van der Waals surface area contributed by atoms with E-state index in [-0.39, 0.29) is 0 Å². The molecule has 1 aliphatic rings. The van der Waals surface area contributed by atoms with Gasteiger partial charge >= 0.3 is 0 Å². The van der Waals surface area contributed by atoms with Gasteiger partial charge in [0.15, 0.2) is 0 Å². The van der Waals surface area contributed by atoms with E-state index in [0.29, 0.717) is 0 Å². The molecule has 0 bridgehead atoms. The van der Waals surface area contributed by atoms with Crippen LogP contribution >= 0.6 is 0 Å². The van der Waals surface area contributed by atoms with E-state index in [2.05, 4.69) is 6.42 Å². The SMILES string of the molecule is C[S+]([O-])CCC1[CH]C1. The Balaban J connectivity index is 1.87. The predicted molar refractivity (Wildman–Crippen MR) is 36.0 cm³/mol. The number of rotatable bonds is 3. The van der Waals surface area contributed by atoms with Crippen molar-refractivity contribution < 1.29 is 4.55 Å². The molecular weight excluding hydrogens is 120 g/mol. The van der Waals surface area contributed by atoms with Crippen LogP contribution in [-0.4, -0.2) is 16.6 Å². The zero-order valence-corrected chi connectivity index (χ0v) is 5.91. The van der Waals surface area contributed by atoms with Crippen LogP contribution in [0.4, 0.5) is 0 Å². The van der Waals surface area contributed by atoms with Crippen LogP contribution in [0.15, 0.2) is 0 Å². The topological polar surface area (TPSA) is 23.1 Å². The van der Waals surface area contributed by atoms with Gasteiger partial charge in [0.1, 0.15) is 5.75 Å². The summed E-state index contributed by atoms with van der Waals surface area (Å²) in [6.45, 7) is 0. The van der Waals surface area contributed by atoms with Crippen molar-refractivity contribution in [2.75, 3.05) is 12.0 Å². The molecular formula is C6H11OS. The molecule has 1 rings (SSSR count). The van der Waals surface area contributed by atoms with E-state index in [9.17, 15) is 4.55 Å². The van der Waals surface area contributed by atoms with Gasteiger partial charge in [-0.1, -0.05) is 11.2 Å². The van der Waals surface area contributed by atoms with Gasteiger partial charge in [-0.15, -0.1) is 0 Å². The van der Waals surface area contributed by atoms with E-state index in [1.807, 2.05) is 0 Å². The molecule has 1 aliphatic carbocycles. The maximum Gasteiger partial charge on any atom is 0.105 e. The van der Waals surface area contributed by atoms with Gasteiger partial charge < -0.3 is 4.55 Å². The molecule has 1 fully saturated rings. The van der Waals surface area contributed by atoms with Crippen molar-refractivity contribution >= 4 is 11.2 Å². The molecule has 1 saturated carbocycles. The molecule has 0 spiro atoms. The summed E-state index contributed by atoms with van der Waals surface area (Å²) >= 11 is -0.566. The fourth-order valence-electron chi connectivity index (χ4n) is 0.649. The summed E-state index contributed by atoms with van der Waals surface area (Å²) in [5.41, 5.74) is 0. The van der Waals surface area contributed by atoms with E-state index >= 15 is 0 Å². The Kier molecular flexibility index (Phi) is 2.20. The second-order valence-corrected chi connectivity index (χ2v) is 3.85. The van der Waals surface area contributed by atoms with Crippen molar-refractivity contribution in [3.05, 3.63) is 6.42 Å². The first-order chi connectivity index (χ1) is 3.79. The highest BCUT2D eigenvalue weighted by Gasteiger charge is 2.22. The van der Waals surface area contributed by atoms with E-state index in [1.54, 1.807) is 6.26 Å². The first kappa shape index (κ1) is 6.43. The van der Waals surface area contributed by atoms with Crippen LogP contribution in [0.2, 0.25) is 0 Å². The van der Waals surface area contributed by atoms with Gasteiger partial charge in [-0.25, -0.2) is 0 Å². The molecule has 0 aromatic carbocycles. The Morgan fingerprint density at radius 3 is 2.88 bits per heavy atom. The maximum atomic E-state index is 10.5. The van der Waals surface area contributed by atoms with Gasteiger partial charge in [0, 0.05) is 0 Å². The standard InChI is InChI=1S/C6H11OS/c1-8(7)5-4-6-2-3-6/h2,6H,3-5H2,1H3. The molecule has 0 aromatic heterocycles. The first-order valence-electron chi connectivity index (χ1n) is 2.92. The molecule has 0 saturated heterocycles. The molecule has 2 unspecified atom stereocenters. The molecule has 0 N–H and O–H groups in total. The fourth-order valence-corrected chi connectivity index (χ4v) is 1.28. The minimum Gasteiger partial charge on any atom is -0.617 e. The Labute approximate surface area is 53.7 Å². The third-order valence-electron chi connectivity index (χ3n) is 1.35. The largest absolute Gasteiger partial charge is 0.617 e.